The van der Waals surface area contributed by atoms with E-state index in [0.29, 0.717) is 6.42 Å². The number of carboxylic acids is 2. The van der Waals surface area contributed by atoms with Gasteiger partial charge in [-0.15, -0.1) is 0 Å². The van der Waals surface area contributed by atoms with Crippen molar-refractivity contribution >= 4 is 11.9 Å². The van der Waals surface area contributed by atoms with Gasteiger partial charge in [0.05, 0.1) is 12.3 Å². The molecule has 1 atom stereocenters. The summed E-state index contributed by atoms with van der Waals surface area (Å²) in [6, 6.07) is 0. The van der Waals surface area contributed by atoms with Crippen LogP contribution in [-0.4, -0.2) is 22.2 Å². The summed E-state index contributed by atoms with van der Waals surface area (Å²) in [7, 11) is 0. The normalized spacial score (nSPS) is 13.0. The molecule has 0 spiro atoms. The van der Waals surface area contributed by atoms with E-state index >= 15 is 0 Å². The van der Waals surface area contributed by atoms with Crippen LogP contribution >= 0.6 is 0 Å². The average molecular weight is 310 g/mol. The predicted molar refractivity (Wildman–Crippen MR) is 88.9 cm³/mol. The van der Waals surface area contributed by atoms with E-state index < -0.39 is 17.9 Å². The van der Waals surface area contributed by atoms with Crippen LogP contribution in [0, 0.1) is 5.92 Å². The molecule has 0 aromatic carbocycles. The molecule has 0 rings (SSSR count). The van der Waals surface area contributed by atoms with Gasteiger partial charge in [-0.05, 0) is 38.5 Å². The first kappa shape index (κ1) is 20.4. The minimum atomic E-state index is -1.06. The number of aliphatic carboxylic acids is 2. The van der Waals surface area contributed by atoms with E-state index in [1.54, 1.807) is 6.08 Å². The molecule has 4 heteroatoms. The Bertz CT molecular complexity index is 358. The largest absolute Gasteiger partial charge is 0.481 e. The molecule has 2 N–H and O–H groups in total. The van der Waals surface area contributed by atoms with Crippen LogP contribution in [0.1, 0.15) is 71.1 Å². The Balaban J connectivity index is 3.57. The van der Waals surface area contributed by atoms with Gasteiger partial charge in [0.15, 0.2) is 0 Å². The maximum Gasteiger partial charge on any atom is 0.307 e. The van der Waals surface area contributed by atoms with Crippen molar-refractivity contribution in [2.75, 3.05) is 0 Å². The van der Waals surface area contributed by atoms with E-state index in [0.717, 1.165) is 19.3 Å². The van der Waals surface area contributed by atoms with Crippen molar-refractivity contribution < 1.29 is 19.8 Å². The van der Waals surface area contributed by atoms with E-state index in [4.69, 9.17) is 10.2 Å². The van der Waals surface area contributed by atoms with E-state index in [2.05, 4.69) is 19.1 Å². The van der Waals surface area contributed by atoms with Gasteiger partial charge >= 0.3 is 11.9 Å². The maximum absolute atomic E-state index is 10.9. The lowest BCUT2D eigenvalue weighted by molar-refractivity contribution is -0.148. The number of carboxylic acid groups (broad SMARTS) is 2. The van der Waals surface area contributed by atoms with Crippen LogP contribution in [0.5, 0.6) is 0 Å². The maximum atomic E-state index is 10.9. The van der Waals surface area contributed by atoms with Gasteiger partial charge in [0.1, 0.15) is 0 Å². The van der Waals surface area contributed by atoms with Gasteiger partial charge in [0, 0.05) is 0 Å². The fourth-order valence-electron chi connectivity index (χ4n) is 2.14. The number of hydrogen-bond donors (Lipinski definition) is 2. The zero-order chi connectivity index (χ0) is 16.6. The molecule has 0 aromatic heterocycles. The van der Waals surface area contributed by atoms with Crippen molar-refractivity contribution in [1.82, 2.24) is 0 Å². The molecule has 0 heterocycles. The predicted octanol–water partition coefficient (Wildman–Crippen LogP) is 4.81. The molecule has 0 fully saturated rings. The smallest absolute Gasteiger partial charge is 0.307 e. The molecule has 0 saturated carbocycles. The minimum absolute atomic E-state index is 0.295. The standard InChI is InChI=1S/C18H30O4/c1-2-3-4-5-6-7-8-9-10-11-12-13-14-16(18(21)22)15-17(19)20/h4-5,12-13,16H,2-3,6-11,14-15H2,1H3,(H,19,20)(H,21,22)/b5-4+,13-12+. The number of rotatable bonds is 14. The first-order valence-electron chi connectivity index (χ1n) is 8.32. The molecular weight excluding hydrogens is 280 g/mol. The second-order valence-corrected chi connectivity index (χ2v) is 5.59. The molecule has 0 bridgehead atoms. The highest BCUT2D eigenvalue weighted by Crippen LogP contribution is 2.11. The molecule has 0 aliphatic heterocycles. The molecule has 0 radical (unpaired) electrons. The van der Waals surface area contributed by atoms with Crippen molar-refractivity contribution in [1.29, 1.82) is 0 Å². The van der Waals surface area contributed by atoms with Crippen molar-refractivity contribution in [3.8, 4) is 0 Å². The highest BCUT2D eigenvalue weighted by atomic mass is 16.4. The number of unbranched alkanes of at least 4 members (excludes halogenated alkanes) is 6. The molecule has 0 aliphatic carbocycles. The lowest BCUT2D eigenvalue weighted by Gasteiger charge is -2.05. The Hall–Kier alpha value is -1.58. The van der Waals surface area contributed by atoms with Crippen LogP contribution in [0.2, 0.25) is 0 Å². The van der Waals surface area contributed by atoms with Gasteiger partial charge in [0.2, 0.25) is 0 Å². The van der Waals surface area contributed by atoms with Crippen molar-refractivity contribution in [2.24, 2.45) is 5.92 Å². The summed E-state index contributed by atoms with van der Waals surface area (Å²) in [6.45, 7) is 2.18. The summed E-state index contributed by atoms with van der Waals surface area (Å²) < 4.78 is 0. The molecule has 0 saturated heterocycles. The zero-order valence-corrected chi connectivity index (χ0v) is 13.7. The summed E-state index contributed by atoms with van der Waals surface area (Å²) in [4.78, 5) is 21.4. The quantitative estimate of drug-likeness (QED) is 0.357. The molecular formula is C18H30O4. The SMILES string of the molecule is CCC/C=C/CCCCCC/C=C/CC(CC(=O)O)C(=O)O. The van der Waals surface area contributed by atoms with Crippen LogP contribution < -0.4 is 0 Å². The Labute approximate surface area is 133 Å². The summed E-state index contributed by atoms with van der Waals surface area (Å²) in [5.41, 5.74) is 0. The van der Waals surface area contributed by atoms with E-state index in [1.165, 1.54) is 32.1 Å². The molecule has 126 valence electrons. The summed E-state index contributed by atoms with van der Waals surface area (Å²) in [6.07, 6.45) is 17.5. The molecule has 4 nitrogen and oxygen atoms in total. The lowest BCUT2D eigenvalue weighted by atomic mass is 10.0. The van der Waals surface area contributed by atoms with Gasteiger partial charge in [-0.3, -0.25) is 9.59 Å². The van der Waals surface area contributed by atoms with E-state index in [-0.39, 0.29) is 6.42 Å². The molecule has 1 unspecified atom stereocenters. The van der Waals surface area contributed by atoms with Crippen LogP contribution in [0.25, 0.3) is 0 Å². The third kappa shape index (κ3) is 13.4. The topological polar surface area (TPSA) is 74.6 Å². The molecule has 0 aromatic rings. The van der Waals surface area contributed by atoms with Crippen molar-refractivity contribution in [2.45, 2.75) is 71.1 Å². The molecule has 22 heavy (non-hydrogen) atoms. The molecule has 0 aliphatic rings. The van der Waals surface area contributed by atoms with Crippen LogP contribution in [0.4, 0.5) is 0 Å². The van der Waals surface area contributed by atoms with Crippen LogP contribution in [0.15, 0.2) is 24.3 Å². The van der Waals surface area contributed by atoms with E-state index in [1.807, 2.05) is 6.08 Å². The Morgan fingerprint density at radius 2 is 1.41 bits per heavy atom. The van der Waals surface area contributed by atoms with Crippen LogP contribution in [0.3, 0.4) is 0 Å². The summed E-state index contributed by atoms with van der Waals surface area (Å²) in [5, 5.41) is 17.5. The third-order valence-corrected chi connectivity index (χ3v) is 3.47. The number of carbonyl (C=O) groups is 2. The van der Waals surface area contributed by atoms with Gasteiger partial charge < -0.3 is 10.2 Å². The minimum Gasteiger partial charge on any atom is -0.481 e. The second-order valence-electron chi connectivity index (χ2n) is 5.59. The monoisotopic (exact) mass is 310 g/mol. The second kappa shape index (κ2) is 14.4. The fraction of sp³-hybridized carbons (Fsp3) is 0.667. The van der Waals surface area contributed by atoms with E-state index in [9.17, 15) is 9.59 Å². The first-order valence-corrected chi connectivity index (χ1v) is 8.32. The van der Waals surface area contributed by atoms with Gasteiger partial charge in [-0.1, -0.05) is 50.5 Å². The zero-order valence-electron chi connectivity index (χ0n) is 13.7. The molecule has 0 amide bonds. The first-order chi connectivity index (χ1) is 10.6. The average Bonchev–Trinajstić information content (AvgIpc) is 2.46. The lowest BCUT2D eigenvalue weighted by Crippen LogP contribution is -2.16. The summed E-state index contributed by atoms with van der Waals surface area (Å²) >= 11 is 0. The number of allylic oxidation sites excluding steroid dienone is 4. The third-order valence-electron chi connectivity index (χ3n) is 3.47. The van der Waals surface area contributed by atoms with Crippen molar-refractivity contribution in [3.63, 3.8) is 0 Å². The number of hydrogen-bond acceptors (Lipinski definition) is 2. The van der Waals surface area contributed by atoms with Crippen LogP contribution in [-0.2, 0) is 9.59 Å². The Kier molecular flexibility index (Phi) is 13.3. The van der Waals surface area contributed by atoms with Gasteiger partial charge in [0.25, 0.3) is 0 Å². The summed E-state index contributed by atoms with van der Waals surface area (Å²) in [5.74, 6) is -2.92. The van der Waals surface area contributed by atoms with Gasteiger partial charge in [-0.25, -0.2) is 0 Å². The fourth-order valence-corrected chi connectivity index (χ4v) is 2.14. The Morgan fingerprint density at radius 3 is 1.91 bits per heavy atom. The highest BCUT2D eigenvalue weighted by Gasteiger charge is 2.18. The van der Waals surface area contributed by atoms with Crippen molar-refractivity contribution in [3.05, 3.63) is 24.3 Å². The Morgan fingerprint density at radius 1 is 0.864 bits per heavy atom. The highest BCUT2D eigenvalue weighted by molar-refractivity contribution is 5.77. The van der Waals surface area contributed by atoms with Gasteiger partial charge in [-0.2, -0.15) is 0 Å².